The van der Waals surface area contributed by atoms with E-state index in [-0.39, 0.29) is 0 Å². The number of aromatic nitrogens is 3. The van der Waals surface area contributed by atoms with Crippen molar-refractivity contribution in [2.24, 2.45) is 0 Å². The largest absolute Gasteiger partial charge is 0.383 e. The quantitative estimate of drug-likeness (QED) is 0.726. The molecule has 0 atom stereocenters. The third-order valence-electron chi connectivity index (χ3n) is 2.80. The maximum atomic E-state index is 5.02. The molecule has 0 saturated carbocycles. The summed E-state index contributed by atoms with van der Waals surface area (Å²) in [5, 5.41) is 5.29. The minimum Gasteiger partial charge on any atom is -0.383 e. The van der Waals surface area contributed by atoms with Crippen LogP contribution >= 0.6 is 11.3 Å². The second kappa shape index (κ2) is 5.38. The Balaban J connectivity index is 1.98. The molecular formula is C13H14N4OS. The lowest BCUT2D eigenvalue weighted by Gasteiger charge is -2.06. The highest BCUT2D eigenvalue weighted by Crippen LogP contribution is 2.26. The first-order valence-corrected chi connectivity index (χ1v) is 6.87. The van der Waals surface area contributed by atoms with Gasteiger partial charge in [0.15, 0.2) is 11.5 Å². The van der Waals surface area contributed by atoms with E-state index in [9.17, 15) is 0 Å². The number of hydrogen-bond acceptors (Lipinski definition) is 5. The second-order valence-corrected chi connectivity index (χ2v) is 4.96. The van der Waals surface area contributed by atoms with Crippen molar-refractivity contribution in [3.63, 3.8) is 0 Å². The van der Waals surface area contributed by atoms with Crippen LogP contribution < -0.4 is 5.32 Å². The van der Waals surface area contributed by atoms with Gasteiger partial charge in [-0.25, -0.2) is 9.97 Å². The lowest BCUT2D eigenvalue weighted by atomic mass is 10.4. The summed E-state index contributed by atoms with van der Waals surface area (Å²) in [7, 11) is 1.68. The number of anilines is 1. The van der Waals surface area contributed by atoms with Crippen LogP contribution in [0.4, 0.5) is 5.82 Å². The number of methoxy groups -OCH3 is 1. The van der Waals surface area contributed by atoms with Gasteiger partial charge in [-0.3, -0.25) is 4.40 Å². The van der Waals surface area contributed by atoms with E-state index in [1.165, 1.54) is 4.88 Å². The van der Waals surface area contributed by atoms with Gasteiger partial charge >= 0.3 is 0 Å². The zero-order chi connectivity index (χ0) is 13.1. The number of nitrogens with zero attached hydrogens (tertiary/aromatic N) is 3. The summed E-state index contributed by atoms with van der Waals surface area (Å²) in [5.74, 6) is 0.780. The van der Waals surface area contributed by atoms with Crippen molar-refractivity contribution in [3.8, 4) is 10.6 Å². The van der Waals surface area contributed by atoms with Crippen LogP contribution in [0.25, 0.3) is 16.2 Å². The molecule has 5 nitrogen and oxygen atoms in total. The number of imidazole rings is 1. The van der Waals surface area contributed by atoms with Crippen molar-refractivity contribution in [2.45, 2.75) is 0 Å². The Morgan fingerprint density at radius 3 is 3.16 bits per heavy atom. The molecule has 0 spiro atoms. The molecule has 0 amide bonds. The molecule has 0 unspecified atom stereocenters. The van der Waals surface area contributed by atoms with Crippen LogP contribution in [-0.2, 0) is 4.74 Å². The van der Waals surface area contributed by atoms with Crippen LogP contribution in [0.5, 0.6) is 0 Å². The highest BCUT2D eigenvalue weighted by Gasteiger charge is 2.10. The Hall–Kier alpha value is -1.92. The van der Waals surface area contributed by atoms with Gasteiger partial charge in [-0.05, 0) is 11.4 Å². The number of ether oxygens (including phenoxy) is 1. The minimum absolute atomic E-state index is 0.640. The molecule has 0 saturated heterocycles. The van der Waals surface area contributed by atoms with Gasteiger partial charge in [0.05, 0.1) is 23.4 Å². The number of nitrogens with one attached hydrogen (secondary N) is 1. The lowest BCUT2D eigenvalue weighted by molar-refractivity contribution is 0.210. The Labute approximate surface area is 114 Å². The normalized spacial score (nSPS) is 11.0. The minimum atomic E-state index is 0.640. The maximum absolute atomic E-state index is 5.02. The number of rotatable bonds is 5. The Morgan fingerprint density at radius 2 is 2.37 bits per heavy atom. The highest BCUT2D eigenvalue weighted by molar-refractivity contribution is 7.13. The average Bonchev–Trinajstić information content (AvgIpc) is 3.07. The summed E-state index contributed by atoms with van der Waals surface area (Å²) in [6, 6.07) is 4.13. The zero-order valence-corrected chi connectivity index (χ0v) is 11.4. The van der Waals surface area contributed by atoms with E-state index >= 15 is 0 Å². The van der Waals surface area contributed by atoms with Crippen molar-refractivity contribution in [1.29, 1.82) is 0 Å². The highest BCUT2D eigenvalue weighted by atomic mass is 32.1. The predicted octanol–water partition coefficient (Wildman–Crippen LogP) is 2.52. The lowest BCUT2D eigenvalue weighted by Crippen LogP contribution is -2.10. The first kappa shape index (κ1) is 12.1. The molecule has 98 valence electrons. The summed E-state index contributed by atoms with van der Waals surface area (Å²) in [5.41, 5.74) is 1.92. The molecular weight excluding hydrogens is 260 g/mol. The fourth-order valence-electron chi connectivity index (χ4n) is 1.92. The Bertz CT molecular complexity index is 662. The zero-order valence-electron chi connectivity index (χ0n) is 10.5. The molecule has 0 aliphatic heterocycles. The predicted molar refractivity (Wildman–Crippen MR) is 76.7 cm³/mol. The molecule has 0 aliphatic carbocycles. The molecule has 19 heavy (non-hydrogen) atoms. The number of hydrogen-bond donors (Lipinski definition) is 1. The van der Waals surface area contributed by atoms with Gasteiger partial charge in [0.2, 0.25) is 0 Å². The van der Waals surface area contributed by atoms with E-state index < -0.39 is 0 Å². The summed E-state index contributed by atoms with van der Waals surface area (Å²) in [4.78, 5) is 9.98. The Kier molecular flexibility index (Phi) is 3.43. The summed E-state index contributed by atoms with van der Waals surface area (Å²) < 4.78 is 7.07. The van der Waals surface area contributed by atoms with Gasteiger partial charge in [-0.1, -0.05) is 6.07 Å². The molecule has 3 aromatic rings. The third-order valence-corrected chi connectivity index (χ3v) is 3.69. The van der Waals surface area contributed by atoms with Crippen molar-refractivity contribution in [1.82, 2.24) is 14.4 Å². The second-order valence-electron chi connectivity index (χ2n) is 4.01. The molecule has 0 aliphatic rings. The van der Waals surface area contributed by atoms with Crippen molar-refractivity contribution in [3.05, 3.63) is 36.1 Å². The Morgan fingerprint density at radius 1 is 1.42 bits per heavy atom. The number of fused-ring (bicyclic) bond motifs is 1. The first-order valence-electron chi connectivity index (χ1n) is 5.99. The van der Waals surface area contributed by atoms with Crippen LogP contribution in [-0.4, -0.2) is 34.6 Å². The molecule has 0 fully saturated rings. The molecule has 3 heterocycles. The average molecular weight is 274 g/mol. The van der Waals surface area contributed by atoms with Gasteiger partial charge in [-0.2, -0.15) is 0 Å². The van der Waals surface area contributed by atoms with Crippen LogP contribution in [0.15, 0.2) is 36.1 Å². The summed E-state index contributed by atoms with van der Waals surface area (Å²) in [6.45, 7) is 1.35. The van der Waals surface area contributed by atoms with Crippen LogP contribution in [0.3, 0.4) is 0 Å². The molecule has 3 rings (SSSR count). The monoisotopic (exact) mass is 274 g/mol. The first-order chi connectivity index (χ1) is 9.40. The molecule has 3 aromatic heterocycles. The van der Waals surface area contributed by atoms with E-state index in [1.54, 1.807) is 24.6 Å². The van der Waals surface area contributed by atoms with Gasteiger partial charge < -0.3 is 10.1 Å². The SMILES string of the molecule is COCCNc1nccn2c(-c3cccs3)cnc12. The molecule has 0 radical (unpaired) electrons. The molecule has 0 bridgehead atoms. The van der Waals surface area contributed by atoms with Crippen LogP contribution in [0.2, 0.25) is 0 Å². The fraction of sp³-hybridized carbons (Fsp3) is 0.231. The van der Waals surface area contributed by atoms with Crippen molar-refractivity contribution in [2.75, 3.05) is 25.6 Å². The van der Waals surface area contributed by atoms with Crippen LogP contribution in [0, 0.1) is 0 Å². The molecule has 6 heteroatoms. The van der Waals surface area contributed by atoms with Gasteiger partial charge in [-0.15, -0.1) is 11.3 Å². The third kappa shape index (κ3) is 2.32. The standard InChI is InChI=1S/C13H14N4OS/c1-18-7-5-15-12-13-16-9-10(11-3-2-8-19-11)17(13)6-4-14-12/h2-4,6,8-9H,5,7H2,1H3,(H,14,15). The van der Waals surface area contributed by atoms with E-state index in [0.717, 1.165) is 17.2 Å². The van der Waals surface area contributed by atoms with Gasteiger partial charge in [0.1, 0.15) is 0 Å². The smallest absolute Gasteiger partial charge is 0.180 e. The van der Waals surface area contributed by atoms with Gasteiger partial charge in [0.25, 0.3) is 0 Å². The van der Waals surface area contributed by atoms with E-state index in [0.29, 0.717) is 13.2 Å². The van der Waals surface area contributed by atoms with E-state index in [4.69, 9.17) is 4.74 Å². The summed E-state index contributed by atoms with van der Waals surface area (Å²) >= 11 is 1.70. The molecule has 1 N–H and O–H groups in total. The number of thiophene rings is 1. The summed E-state index contributed by atoms with van der Waals surface area (Å²) in [6.07, 6.45) is 5.59. The van der Waals surface area contributed by atoms with E-state index in [2.05, 4.69) is 26.7 Å². The fourth-order valence-corrected chi connectivity index (χ4v) is 2.65. The maximum Gasteiger partial charge on any atom is 0.180 e. The van der Waals surface area contributed by atoms with Crippen molar-refractivity contribution < 1.29 is 4.74 Å². The van der Waals surface area contributed by atoms with Crippen molar-refractivity contribution >= 4 is 22.8 Å². The van der Waals surface area contributed by atoms with Gasteiger partial charge in [0, 0.05) is 26.0 Å². The topological polar surface area (TPSA) is 51.5 Å². The van der Waals surface area contributed by atoms with E-state index in [1.807, 2.05) is 22.9 Å². The van der Waals surface area contributed by atoms with Crippen LogP contribution in [0.1, 0.15) is 0 Å². The molecule has 0 aromatic carbocycles.